The van der Waals surface area contributed by atoms with Crippen LogP contribution in [0.3, 0.4) is 0 Å². The van der Waals surface area contributed by atoms with Crippen LogP contribution in [0.1, 0.15) is 58.2 Å². The van der Waals surface area contributed by atoms with Gasteiger partial charge in [0.1, 0.15) is 29.4 Å². The second kappa shape index (κ2) is 12.5. The molecule has 6 nitrogen and oxygen atoms in total. The van der Waals surface area contributed by atoms with Gasteiger partial charge in [0.15, 0.2) is 0 Å². The fraction of sp³-hybridized carbons (Fsp3) is 0.355. The zero-order valence-corrected chi connectivity index (χ0v) is 23.9. The lowest BCUT2D eigenvalue weighted by atomic mass is 10.00. The Kier molecular flexibility index (Phi) is 9.62. The summed E-state index contributed by atoms with van der Waals surface area (Å²) in [6, 6.07) is 17.4. The molecule has 0 aliphatic rings. The largest absolute Gasteiger partial charge is 0.489 e. The average Bonchev–Trinajstić information content (AvgIpc) is 2.80. The molecule has 0 spiro atoms. The highest BCUT2D eigenvalue weighted by Gasteiger charge is 2.19. The fourth-order valence-corrected chi connectivity index (χ4v) is 4.05. The first-order chi connectivity index (χ1) is 18.2. The summed E-state index contributed by atoms with van der Waals surface area (Å²) < 4.78 is 32.1. The summed E-state index contributed by atoms with van der Waals surface area (Å²) in [4.78, 5) is 24.4. The molecule has 0 aliphatic carbocycles. The molecule has 0 fully saturated rings. The maximum absolute atomic E-state index is 15.4. The van der Waals surface area contributed by atoms with Crippen molar-refractivity contribution in [2.75, 3.05) is 0 Å². The van der Waals surface area contributed by atoms with Crippen LogP contribution < -0.4 is 10.1 Å². The predicted molar refractivity (Wildman–Crippen MR) is 150 cm³/mol. The van der Waals surface area contributed by atoms with Crippen molar-refractivity contribution in [3.05, 3.63) is 88.2 Å². The van der Waals surface area contributed by atoms with Crippen LogP contribution in [0, 0.1) is 5.82 Å². The van der Waals surface area contributed by atoms with Crippen molar-refractivity contribution < 1.29 is 28.2 Å². The molecular weight excluding hydrogens is 521 g/mol. The molecule has 0 unspecified atom stereocenters. The van der Waals surface area contributed by atoms with E-state index in [1.54, 1.807) is 63.2 Å². The smallest absolute Gasteiger partial charge is 0.407 e. The van der Waals surface area contributed by atoms with Crippen LogP contribution in [-0.4, -0.2) is 23.3 Å². The average molecular weight is 556 g/mol. The zero-order chi connectivity index (χ0) is 28.8. The molecule has 39 heavy (non-hydrogen) atoms. The molecule has 1 amide bonds. The lowest BCUT2D eigenvalue weighted by Crippen LogP contribution is -2.32. The molecule has 0 heterocycles. The highest BCUT2D eigenvalue weighted by Crippen LogP contribution is 2.30. The number of amides is 1. The molecule has 0 atom stereocenters. The number of para-hydroxylation sites is 1. The second-order valence-electron chi connectivity index (χ2n) is 11.1. The van der Waals surface area contributed by atoms with Crippen LogP contribution in [0.15, 0.2) is 60.7 Å². The van der Waals surface area contributed by atoms with Crippen LogP contribution in [0.4, 0.5) is 9.18 Å². The third kappa shape index (κ3) is 9.59. The monoisotopic (exact) mass is 555 g/mol. The van der Waals surface area contributed by atoms with Crippen molar-refractivity contribution in [1.29, 1.82) is 0 Å². The number of rotatable bonds is 8. The van der Waals surface area contributed by atoms with Gasteiger partial charge >= 0.3 is 12.1 Å². The highest BCUT2D eigenvalue weighted by atomic mass is 35.5. The number of esters is 1. The van der Waals surface area contributed by atoms with E-state index in [1.165, 1.54) is 0 Å². The molecule has 3 rings (SSSR count). The van der Waals surface area contributed by atoms with Gasteiger partial charge in [0.05, 0.1) is 6.42 Å². The maximum atomic E-state index is 15.4. The van der Waals surface area contributed by atoms with Gasteiger partial charge in [-0.3, -0.25) is 4.79 Å². The number of halogens is 2. The van der Waals surface area contributed by atoms with E-state index in [4.69, 9.17) is 25.8 Å². The number of benzene rings is 3. The lowest BCUT2D eigenvalue weighted by molar-refractivity contribution is -0.153. The maximum Gasteiger partial charge on any atom is 0.407 e. The molecule has 208 valence electrons. The van der Waals surface area contributed by atoms with Crippen LogP contribution in [0.25, 0.3) is 11.1 Å². The van der Waals surface area contributed by atoms with Gasteiger partial charge in [0.2, 0.25) is 0 Å². The normalized spacial score (nSPS) is 11.6. The van der Waals surface area contributed by atoms with Gasteiger partial charge in [-0.25, -0.2) is 9.18 Å². The molecule has 1 N–H and O–H groups in total. The summed E-state index contributed by atoms with van der Waals surface area (Å²) in [6.07, 6.45) is -0.551. The minimum Gasteiger partial charge on any atom is -0.489 e. The van der Waals surface area contributed by atoms with E-state index in [0.29, 0.717) is 33.0 Å². The Morgan fingerprint density at radius 2 is 1.54 bits per heavy atom. The van der Waals surface area contributed by atoms with Gasteiger partial charge in [-0.05, 0) is 76.9 Å². The Balaban J connectivity index is 1.75. The Labute approximate surface area is 234 Å². The van der Waals surface area contributed by atoms with Gasteiger partial charge < -0.3 is 19.5 Å². The minimum absolute atomic E-state index is 0.0282. The molecule has 3 aromatic carbocycles. The summed E-state index contributed by atoms with van der Waals surface area (Å²) in [6.45, 7) is 10.9. The van der Waals surface area contributed by atoms with Gasteiger partial charge in [-0.15, -0.1) is 0 Å². The van der Waals surface area contributed by atoms with E-state index in [2.05, 4.69) is 5.32 Å². The second-order valence-corrected chi connectivity index (χ2v) is 11.6. The molecule has 0 bridgehead atoms. The van der Waals surface area contributed by atoms with E-state index in [-0.39, 0.29) is 25.5 Å². The number of hydrogen-bond donors (Lipinski definition) is 1. The number of alkyl carbamates (subject to hydrolysis) is 1. The van der Waals surface area contributed by atoms with E-state index < -0.39 is 23.1 Å². The van der Waals surface area contributed by atoms with Crippen LogP contribution in [0.5, 0.6) is 5.75 Å². The van der Waals surface area contributed by atoms with E-state index in [9.17, 15) is 9.59 Å². The third-order valence-corrected chi connectivity index (χ3v) is 5.51. The summed E-state index contributed by atoms with van der Waals surface area (Å²) >= 11 is 6.39. The topological polar surface area (TPSA) is 73.9 Å². The predicted octanol–water partition coefficient (Wildman–Crippen LogP) is 7.63. The van der Waals surface area contributed by atoms with Crippen LogP contribution in [0.2, 0.25) is 5.02 Å². The lowest BCUT2D eigenvalue weighted by Gasteiger charge is -2.20. The standard InChI is InChI=1S/C31H35ClFNO5/c1-30(2,3)38-27(35)17-21-10-7-8-13-26(21)37-19-20-14-23(16-24(32)15-20)25-12-9-11-22(28(25)33)18-34-29(36)39-31(4,5)6/h7-16H,17-19H2,1-6H3,(H,34,36). The minimum atomic E-state index is -0.653. The molecule has 8 heteroatoms. The molecule has 0 aromatic heterocycles. The Hall–Kier alpha value is -3.58. The number of carbonyl (C=O) groups excluding carboxylic acids is 2. The third-order valence-electron chi connectivity index (χ3n) is 5.29. The van der Waals surface area contributed by atoms with Gasteiger partial charge in [-0.1, -0.05) is 48.0 Å². The van der Waals surface area contributed by atoms with Crippen molar-refractivity contribution in [1.82, 2.24) is 5.32 Å². The summed E-state index contributed by atoms with van der Waals surface area (Å²) in [7, 11) is 0. The first kappa shape index (κ1) is 30.0. The SMILES string of the molecule is CC(C)(C)OC(=O)Cc1ccccc1OCc1cc(Cl)cc(-c2cccc(CNC(=O)OC(C)(C)C)c2F)c1. The van der Waals surface area contributed by atoms with Gasteiger partial charge in [0.25, 0.3) is 0 Å². The highest BCUT2D eigenvalue weighted by molar-refractivity contribution is 6.31. The Morgan fingerprint density at radius 3 is 2.23 bits per heavy atom. The number of ether oxygens (including phenoxy) is 3. The molecule has 3 aromatic rings. The van der Waals surface area contributed by atoms with Crippen molar-refractivity contribution in [2.45, 2.75) is 72.3 Å². The van der Waals surface area contributed by atoms with Crippen LogP contribution in [-0.2, 0) is 33.8 Å². The van der Waals surface area contributed by atoms with E-state index in [0.717, 1.165) is 5.56 Å². The van der Waals surface area contributed by atoms with Crippen molar-refractivity contribution >= 4 is 23.7 Å². The number of nitrogens with one attached hydrogen (secondary N) is 1. The molecule has 0 saturated carbocycles. The van der Waals surface area contributed by atoms with E-state index in [1.807, 2.05) is 39.0 Å². The van der Waals surface area contributed by atoms with Crippen LogP contribution >= 0.6 is 11.6 Å². The zero-order valence-electron chi connectivity index (χ0n) is 23.2. The quantitative estimate of drug-likeness (QED) is 0.289. The summed E-state index contributed by atoms with van der Waals surface area (Å²) in [5, 5.41) is 3.01. The molecule has 0 aliphatic heterocycles. The van der Waals surface area contributed by atoms with Crippen molar-refractivity contribution in [2.24, 2.45) is 0 Å². The molecule has 0 saturated heterocycles. The van der Waals surface area contributed by atoms with Crippen molar-refractivity contribution in [3.63, 3.8) is 0 Å². The Bertz CT molecular complexity index is 1330. The van der Waals surface area contributed by atoms with E-state index >= 15 is 4.39 Å². The molecule has 0 radical (unpaired) electrons. The molecular formula is C31H35ClFNO5. The number of hydrogen-bond acceptors (Lipinski definition) is 5. The fourth-order valence-electron chi connectivity index (χ4n) is 3.79. The number of carbonyl (C=O) groups is 2. The van der Waals surface area contributed by atoms with Gasteiger partial charge in [0, 0.05) is 28.3 Å². The summed E-state index contributed by atoms with van der Waals surface area (Å²) in [5.74, 6) is -0.267. The first-order valence-corrected chi connectivity index (χ1v) is 13.0. The van der Waals surface area contributed by atoms with Gasteiger partial charge in [-0.2, -0.15) is 0 Å². The first-order valence-electron chi connectivity index (χ1n) is 12.7. The van der Waals surface area contributed by atoms with Crippen molar-refractivity contribution in [3.8, 4) is 16.9 Å². The summed E-state index contributed by atoms with van der Waals surface area (Å²) in [5.41, 5.74) is 1.41. The Morgan fingerprint density at radius 1 is 0.872 bits per heavy atom.